The minimum Gasteiger partial charge on any atom is -0.450 e. The topological polar surface area (TPSA) is 93.6 Å². The van der Waals surface area contributed by atoms with Crippen molar-refractivity contribution in [1.82, 2.24) is 4.98 Å². The van der Waals surface area contributed by atoms with Crippen LogP contribution in [0.5, 0.6) is 0 Å². The first-order valence-corrected chi connectivity index (χ1v) is 14.6. The third-order valence-corrected chi connectivity index (χ3v) is 8.35. The Morgan fingerprint density at radius 1 is 0.881 bits per heavy atom. The normalized spacial score (nSPS) is 19.0. The van der Waals surface area contributed by atoms with Gasteiger partial charge < -0.3 is 4.74 Å². The molecule has 3 aromatic carbocycles. The molecule has 3 atom stereocenters. The predicted octanol–water partition coefficient (Wildman–Crippen LogP) is 6.79. The van der Waals surface area contributed by atoms with E-state index in [1.165, 1.54) is 4.90 Å². The molecule has 0 N–H and O–H groups in total. The Hall–Kier alpha value is -4.65. The minimum absolute atomic E-state index is 0.113. The van der Waals surface area contributed by atoms with E-state index < -0.39 is 12.1 Å². The number of hydrogen-bond donors (Lipinski definition) is 0. The Morgan fingerprint density at radius 3 is 2.19 bits per heavy atom. The molecular formula is C35H32N2O5. The molecule has 42 heavy (non-hydrogen) atoms. The molecule has 1 aliphatic carbocycles. The summed E-state index contributed by atoms with van der Waals surface area (Å²) in [7, 11) is 0. The number of amides is 2. The molecule has 6 rings (SSSR count). The van der Waals surface area contributed by atoms with E-state index in [-0.39, 0.29) is 29.4 Å². The summed E-state index contributed by atoms with van der Waals surface area (Å²) in [5.74, 6) is -1.48. The van der Waals surface area contributed by atoms with Gasteiger partial charge in [0.15, 0.2) is 6.10 Å². The highest BCUT2D eigenvalue weighted by atomic mass is 16.5. The maximum absolute atomic E-state index is 13.6. The van der Waals surface area contributed by atoms with Gasteiger partial charge in [0.2, 0.25) is 17.6 Å². The molecule has 3 unspecified atom stereocenters. The summed E-state index contributed by atoms with van der Waals surface area (Å²) in [4.78, 5) is 59.0. The fourth-order valence-corrected chi connectivity index (χ4v) is 6.18. The number of ketones is 1. The van der Waals surface area contributed by atoms with Crippen LogP contribution in [0.1, 0.15) is 66.2 Å². The minimum atomic E-state index is -0.904. The smallest absolute Gasteiger partial charge is 0.339 e. The number of ether oxygens (including phenoxy) is 1. The fourth-order valence-electron chi connectivity index (χ4n) is 6.18. The predicted molar refractivity (Wildman–Crippen MR) is 160 cm³/mol. The maximum atomic E-state index is 13.6. The largest absolute Gasteiger partial charge is 0.450 e. The zero-order chi connectivity index (χ0) is 29.2. The van der Waals surface area contributed by atoms with Crippen molar-refractivity contribution in [2.24, 2.45) is 11.8 Å². The number of Topliss-reactive ketones (excluding diaryl/α,β-unsaturated/α-hetero) is 1. The summed E-state index contributed by atoms with van der Waals surface area (Å²) in [6.45, 7) is 1.94. The molecule has 7 nitrogen and oxygen atoms in total. The second kappa shape index (κ2) is 11.7. The zero-order valence-electron chi connectivity index (χ0n) is 23.5. The zero-order valence-corrected chi connectivity index (χ0v) is 23.5. The van der Waals surface area contributed by atoms with Crippen molar-refractivity contribution in [3.05, 3.63) is 96.1 Å². The van der Waals surface area contributed by atoms with Crippen LogP contribution >= 0.6 is 0 Å². The van der Waals surface area contributed by atoms with Gasteiger partial charge >= 0.3 is 5.97 Å². The number of fused-ring (bicyclic) bond motifs is 2. The van der Waals surface area contributed by atoms with Crippen LogP contribution in [0.4, 0.5) is 5.69 Å². The van der Waals surface area contributed by atoms with Gasteiger partial charge in [0.05, 0.1) is 34.3 Å². The monoisotopic (exact) mass is 560 g/mol. The molecule has 2 amide bonds. The molecule has 2 heterocycles. The summed E-state index contributed by atoms with van der Waals surface area (Å²) in [6.07, 6.45) is 3.66. The highest BCUT2D eigenvalue weighted by Crippen LogP contribution is 2.40. The number of carbonyl (C=O) groups is 4. The average molecular weight is 561 g/mol. The van der Waals surface area contributed by atoms with E-state index in [1.54, 1.807) is 42.5 Å². The first-order chi connectivity index (χ1) is 20.5. The van der Waals surface area contributed by atoms with Gasteiger partial charge in [0, 0.05) is 16.5 Å². The lowest BCUT2D eigenvalue weighted by Crippen LogP contribution is -2.30. The summed E-state index contributed by atoms with van der Waals surface area (Å²) < 4.78 is 5.85. The van der Waals surface area contributed by atoms with E-state index in [0.717, 1.165) is 31.2 Å². The number of benzene rings is 3. The molecule has 0 bridgehead atoms. The summed E-state index contributed by atoms with van der Waals surface area (Å²) in [6, 6.07) is 25.0. The van der Waals surface area contributed by atoms with E-state index in [0.29, 0.717) is 46.3 Å². The third-order valence-electron chi connectivity index (χ3n) is 8.35. The van der Waals surface area contributed by atoms with Gasteiger partial charge in [0.1, 0.15) is 0 Å². The number of carbonyl (C=O) groups excluding carboxylic acids is 4. The first kappa shape index (κ1) is 27.5. The molecule has 4 aromatic rings. The van der Waals surface area contributed by atoms with E-state index in [2.05, 4.69) is 0 Å². The molecular weight excluding hydrogens is 528 g/mol. The molecule has 2 fully saturated rings. The molecule has 0 radical (unpaired) electrons. The molecule has 2 aliphatic rings. The molecule has 7 heteroatoms. The van der Waals surface area contributed by atoms with Crippen LogP contribution in [-0.4, -0.2) is 34.7 Å². The third kappa shape index (κ3) is 5.11. The van der Waals surface area contributed by atoms with Crippen molar-refractivity contribution >= 4 is 40.2 Å². The van der Waals surface area contributed by atoms with Gasteiger partial charge in [-0.05, 0) is 43.5 Å². The van der Waals surface area contributed by atoms with Crippen LogP contribution in [-0.2, 0) is 14.3 Å². The standard InChI is InChI=1S/C35H32N2O5/c1-2-10-31(32(38)23-11-4-3-5-12-23)42-35(41)28-21-30(36-29-16-9-8-13-25(28)29)22-17-19-24(20-18-22)37-33(39)26-14-6-7-15-27(26)34(37)40/h3-5,8-9,11-13,16-21,26-27,31H,2,6-7,10,14-15H2,1H3. The highest BCUT2D eigenvalue weighted by molar-refractivity contribution is 6.22. The molecule has 1 aromatic heterocycles. The number of aromatic nitrogens is 1. The summed E-state index contributed by atoms with van der Waals surface area (Å²) in [5.41, 5.74) is 3.24. The van der Waals surface area contributed by atoms with Crippen molar-refractivity contribution in [2.75, 3.05) is 4.90 Å². The molecule has 0 spiro atoms. The van der Waals surface area contributed by atoms with E-state index in [9.17, 15) is 19.2 Å². The fraction of sp³-hybridized carbons (Fsp3) is 0.286. The molecule has 1 aliphatic heterocycles. The number of nitrogens with zero attached hydrogens (tertiary/aromatic N) is 2. The van der Waals surface area contributed by atoms with E-state index >= 15 is 0 Å². The molecule has 212 valence electrons. The van der Waals surface area contributed by atoms with Gasteiger partial charge in [0.25, 0.3) is 0 Å². The lowest BCUT2D eigenvalue weighted by atomic mass is 9.81. The Bertz CT molecular complexity index is 1640. The number of rotatable bonds is 8. The Morgan fingerprint density at radius 2 is 1.52 bits per heavy atom. The number of pyridine rings is 1. The molecule has 1 saturated carbocycles. The second-order valence-electron chi connectivity index (χ2n) is 11.0. The Kier molecular flexibility index (Phi) is 7.66. The number of esters is 1. The van der Waals surface area contributed by atoms with E-state index in [4.69, 9.17) is 9.72 Å². The Balaban J connectivity index is 1.30. The van der Waals surface area contributed by atoms with Gasteiger partial charge in [-0.25, -0.2) is 9.78 Å². The van der Waals surface area contributed by atoms with Crippen molar-refractivity contribution in [3.8, 4) is 11.3 Å². The van der Waals surface area contributed by atoms with Gasteiger partial charge in [-0.2, -0.15) is 0 Å². The second-order valence-corrected chi connectivity index (χ2v) is 11.0. The number of hydrogen-bond acceptors (Lipinski definition) is 6. The van der Waals surface area contributed by atoms with Gasteiger partial charge in [-0.15, -0.1) is 0 Å². The van der Waals surface area contributed by atoms with Crippen LogP contribution in [0.25, 0.3) is 22.2 Å². The van der Waals surface area contributed by atoms with Crippen LogP contribution in [0.3, 0.4) is 0 Å². The number of imide groups is 1. The lowest BCUT2D eigenvalue weighted by Gasteiger charge is -2.19. The summed E-state index contributed by atoms with van der Waals surface area (Å²) in [5, 5.41) is 0.626. The van der Waals surface area contributed by atoms with E-state index in [1.807, 2.05) is 49.4 Å². The average Bonchev–Trinajstić information content (AvgIpc) is 3.29. The first-order valence-electron chi connectivity index (χ1n) is 14.6. The summed E-state index contributed by atoms with van der Waals surface area (Å²) >= 11 is 0. The number of anilines is 1. The van der Waals surface area contributed by atoms with Crippen LogP contribution in [0.15, 0.2) is 84.9 Å². The van der Waals surface area contributed by atoms with Crippen LogP contribution < -0.4 is 4.90 Å². The van der Waals surface area contributed by atoms with Gasteiger partial charge in [-0.3, -0.25) is 19.3 Å². The van der Waals surface area contributed by atoms with Crippen molar-refractivity contribution in [3.63, 3.8) is 0 Å². The van der Waals surface area contributed by atoms with Crippen molar-refractivity contribution in [1.29, 1.82) is 0 Å². The maximum Gasteiger partial charge on any atom is 0.339 e. The van der Waals surface area contributed by atoms with Crippen LogP contribution in [0.2, 0.25) is 0 Å². The van der Waals surface area contributed by atoms with Crippen LogP contribution in [0, 0.1) is 11.8 Å². The SMILES string of the molecule is CCCC(OC(=O)c1cc(-c2ccc(N3C(=O)C4CCCCC4C3=O)cc2)nc2ccccc12)C(=O)c1ccccc1. The van der Waals surface area contributed by atoms with Gasteiger partial charge in [-0.1, -0.05) is 86.8 Å². The quantitative estimate of drug-likeness (QED) is 0.134. The van der Waals surface area contributed by atoms with Crippen molar-refractivity contribution in [2.45, 2.75) is 51.6 Å². The number of para-hydroxylation sites is 1. The lowest BCUT2D eigenvalue weighted by molar-refractivity contribution is -0.122. The Labute approximate surface area is 244 Å². The van der Waals surface area contributed by atoms with Crippen molar-refractivity contribution < 1.29 is 23.9 Å². The highest BCUT2D eigenvalue weighted by Gasteiger charge is 2.48. The molecule has 1 saturated heterocycles.